The maximum absolute atomic E-state index is 12.3. The summed E-state index contributed by atoms with van der Waals surface area (Å²) in [5.74, 6) is 1.60. The average molecular weight is 284 g/mol. The standard InChI is InChI=1S/C19H24O2/c1-11-4-3-5-13-12(11)6-7-14-15-8-9-17(21)19(15,2)10-16(20)18(13)14/h3-5,14-16,18,20H,6-10H2,1-2H3/t14-,15-,16-,18+,19-/m0/s1. The van der Waals surface area contributed by atoms with E-state index in [0.29, 0.717) is 24.0 Å². The lowest BCUT2D eigenvalue weighted by Gasteiger charge is -2.50. The van der Waals surface area contributed by atoms with E-state index in [4.69, 9.17) is 0 Å². The number of Topliss-reactive ketones (excluding diaryl/α,β-unsaturated/α-hetero) is 1. The molecule has 0 saturated heterocycles. The van der Waals surface area contributed by atoms with Crippen molar-refractivity contribution >= 4 is 5.78 Å². The summed E-state index contributed by atoms with van der Waals surface area (Å²) in [7, 11) is 0. The lowest BCUT2D eigenvalue weighted by Crippen LogP contribution is -2.49. The van der Waals surface area contributed by atoms with Crippen LogP contribution in [-0.2, 0) is 11.2 Å². The van der Waals surface area contributed by atoms with Gasteiger partial charge in [-0.05, 0) is 61.1 Å². The summed E-state index contributed by atoms with van der Waals surface area (Å²) in [6, 6.07) is 6.51. The number of aryl methyl sites for hydroxylation is 1. The number of aliphatic hydroxyl groups excluding tert-OH is 1. The second-order valence-corrected chi connectivity index (χ2v) is 7.63. The molecule has 1 aromatic rings. The highest BCUT2D eigenvalue weighted by atomic mass is 16.3. The molecule has 3 aliphatic rings. The van der Waals surface area contributed by atoms with Gasteiger partial charge >= 0.3 is 0 Å². The van der Waals surface area contributed by atoms with Crippen LogP contribution in [0.5, 0.6) is 0 Å². The monoisotopic (exact) mass is 284 g/mol. The molecule has 0 aromatic heterocycles. The van der Waals surface area contributed by atoms with Gasteiger partial charge in [0.25, 0.3) is 0 Å². The number of carbonyl (C=O) groups is 1. The van der Waals surface area contributed by atoms with Gasteiger partial charge < -0.3 is 5.11 Å². The zero-order valence-electron chi connectivity index (χ0n) is 12.9. The molecule has 112 valence electrons. The lowest BCUT2D eigenvalue weighted by atomic mass is 9.54. The fraction of sp³-hybridized carbons (Fsp3) is 0.632. The van der Waals surface area contributed by atoms with Crippen LogP contribution in [0.1, 0.15) is 55.2 Å². The lowest BCUT2D eigenvalue weighted by molar-refractivity contribution is -0.133. The van der Waals surface area contributed by atoms with Gasteiger partial charge in [-0.15, -0.1) is 0 Å². The van der Waals surface area contributed by atoms with Crippen molar-refractivity contribution in [2.75, 3.05) is 0 Å². The Morgan fingerprint density at radius 3 is 2.86 bits per heavy atom. The highest BCUT2D eigenvalue weighted by Crippen LogP contribution is 2.59. The summed E-state index contributed by atoms with van der Waals surface area (Å²) in [5.41, 5.74) is 3.90. The van der Waals surface area contributed by atoms with Crippen molar-refractivity contribution in [1.29, 1.82) is 0 Å². The van der Waals surface area contributed by atoms with Gasteiger partial charge in [0, 0.05) is 17.8 Å². The Morgan fingerprint density at radius 2 is 2.05 bits per heavy atom. The van der Waals surface area contributed by atoms with Crippen molar-refractivity contribution in [3.63, 3.8) is 0 Å². The molecule has 2 nitrogen and oxygen atoms in total. The second-order valence-electron chi connectivity index (χ2n) is 7.63. The predicted octanol–water partition coefficient (Wildman–Crippen LogP) is 3.39. The van der Waals surface area contributed by atoms with E-state index in [2.05, 4.69) is 32.0 Å². The molecule has 4 rings (SSSR count). The molecule has 0 spiro atoms. The van der Waals surface area contributed by atoms with E-state index in [0.717, 1.165) is 25.7 Å². The number of benzene rings is 1. The van der Waals surface area contributed by atoms with Crippen molar-refractivity contribution < 1.29 is 9.90 Å². The Morgan fingerprint density at radius 1 is 1.24 bits per heavy atom. The molecule has 0 heterocycles. The smallest absolute Gasteiger partial charge is 0.139 e. The van der Waals surface area contributed by atoms with E-state index < -0.39 is 0 Å². The Bertz CT molecular complexity index is 606. The Balaban J connectivity index is 1.80. The van der Waals surface area contributed by atoms with Crippen LogP contribution in [0.25, 0.3) is 0 Å². The first kappa shape index (κ1) is 13.5. The summed E-state index contributed by atoms with van der Waals surface area (Å²) in [4.78, 5) is 12.3. The highest BCUT2D eigenvalue weighted by molar-refractivity contribution is 5.87. The molecule has 2 heteroatoms. The molecule has 1 aromatic carbocycles. The van der Waals surface area contributed by atoms with Gasteiger partial charge in [0.2, 0.25) is 0 Å². The van der Waals surface area contributed by atoms with Crippen LogP contribution in [0, 0.1) is 24.2 Å². The summed E-state index contributed by atoms with van der Waals surface area (Å²) < 4.78 is 0. The second kappa shape index (κ2) is 4.42. The maximum atomic E-state index is 12.3. The summed E-state index contributed by atoms with van der Waals surface area (Å²) in [6.45, 7) is 4.29. The third kappa shape index (κ3) is 1.72. The first-order valence-electron chi connectivity index (χ1n) is 8.32. The molecule has 3 aliphatic carbocycles. The van der Waals surface area contributed by atoms with Crippen LogP contribution in [0.3, 0.4) is 0 Å². The number of hydrogen-bond acceptors (Lipinski definition) is 2. The van der Waals surface area contributed by atoms with Crippen molar-refractivity contribution in [3.8, 4) is 0 Å². The fourth-order valence-corrected chi connectivity index (χ4v) is 5.65. The number of ketones is 1. The topological polar surface area (TPSA) is 37.3 Å². The van der Waals surface area contributed by atoms with E-state index >= 15 is 0 Å². The Kier molecular flexibility index (Phi) is 2.85. The van der Waals surface area contributed by atoms with E-state index in [1.165, 1.54) is 16.7 Å². The van der Waals surface area contributed by atoms with E-state index in [9.17, 15) is 9.90 Å². The van der Waals surface area contributed by atoms with E-state index in [-0.39, 0.29) is 17.4 Å². The quantitative estimate of drug-likeness (QED) is 0.793. The third-order valence-corrected chi connectivity index (χ3v) is 6.70. The molecule has 2 fully saturated rings. The third-order valence-electron chi connectivity index (χ3n) is 6.70. The minimum absolute atomic E-state index is 0.248. The molecule has 21 heavy (non-hydrogen) atoms. The van der Waals surface area contributed by atoms with Gasteiger partial charge in [0.05, 0.1) is 6.10 Å². The molecule has 0 radical (unpaired) electrons. The van der Waals surface area contributed by atoms with Gasteiger partial charge in [-0.25, -0.2) is 0 Å². The minimum atomic E-state index is -0.362. The number of carbonyl (C=O) groups excluding carboxylic acids is 1. The van der Waals surface area contributed by atoms with Crippen LogP contribution >= 0.6 is 0 Å². The van der Waals surface area contributed by atoms with Gasteiger partial charge in [0.1, 0.15) is 5.78 Å². The van der Waals surface area contributed by atoms with E-state index in [1.54, 1.807) is 0 Å². The fourth-order valence-electron chi connectivity index (χ4n) is 5.65. The van der Waals surface area contributed by atoms with Crippen molar-refractivity contribution in [2.24, 2.45) is 17.3 Å². The van der Waals surface area contributed by atoms with Crippen molar-refractivity contribution in [2.45, 2.75) is 58.0 Å². The largest absolute Gasteiger partial charge is 0.392 e. The molecule has 2 saturated carbocycles. The van der Waals surface area contributed by atoms with Gasteiger partial charge in [-0.1, -0.05) is 25.1 Å². The number of aliphatic hydroxyl groups is 1. The minimum Gasteiger partial charge on any atom is -0.392 e. The molecule has 1 N–H and O–H groups in total. The number of rotatable bonds is 0. The number of hydrogen-bond donors (Lipinski definition) is 1. The normalized spacial score (nSPS) is 41.4. The Labute approximate surface area is 126 Å². The van der Waals surface area contributed by atoms with Crippen molar-refractivity contribution in [1.82, 2.24) is 0 Å². The summed E-state index contributed by atoms with van der Waals surface area (Å²) in [6.07, 6.45) is 4.29. The first-order valence-corrected chi connectivity index (χ1v) is 8.32. The predicted molar refractivity (Wildman–Crippen MR) is 82.2 cm³/mol. The maximum Gasteiger partial charge on any atom is 0.139 e. The summed E-state index contributed by atoms with van der Waals surface area (Å²) in [5, 5.41) is 10.8. The van der Waals surface area contributed by atoms with Crippen LogP contribution < -0.4 is 0 Å². The van der Waals surface area contributed by atoms with Crippen LogP contribution in [-0.4, -0.2) is 17.0 Å². The molecular formula is C19H24O2. The summed E-state index contributed by atoms with van der Waals surface area (Å²) >= 11 is 0. The molecule has 0 unspecified atom stereocenters. The van der Waals surface area contributed by atoms with Crippen molar-refractivity contribution in [3.05, 3.63) is 34.9 Å². The van der Waals surface area contributed by atoms with Gasteiger partial charge in [-0.3, -0.25) is 4.79 Å². The van der Waals surface area contributed by atoms with Crippen LogP contribution in [0.2, 0.25) is 0 Å². The zero-order valence-corrected chi connectivity index (χ0v) is 12.9. The average Bonchev–Trinajstić information content (AvgIpc) is 2.74. The molecule has 5 atom stereocenters. The first-order chi connectivity index (χ1) is 10.0. The van der Waals surface area contributed by atoms with Gasteiger partial charge in [0.15, 0.2) is 0 Å². The molecule has 0 amide bonds. The zero-order chi connectivity index (χ0) is 14.8. The molecule has 0 aliphatic heterocycles. The van der Waals surface area contributed by atoms with E-state index in [1.807, 2.05) is 0 Å². The molecule has 0 bridgehead atoms. The Hall–Kier alpha value is -1.15. The highest BCUT2D eigenvalue weighted by Gasteiger charge is 2.57. The number of fused-ring (bicyclic) bond motifs is 5. The van der Waals surface area contributed by atoms with Crippen LogP contribution in [0.15, 0.2) is 18.2 Å². The van der Waals surface area contributed by atoms with Crippen LogP contribution in [0.4, 0.5) is 0 Å². The van der Waals surface area contributed by atoms with Gasteiger partial charge in [-0.2, -0.15) is 0 Å². The SMILES string of the molecule is Cc1cccc2c1CC[C@@H]1[C@@H]2[C@@H](O)C[C@]2(C)C(=O)CC[C@@H]12. The molecular weight excluding hydrogens is 260 g/mol.